The molecule has 0 aromatic heterocycles. The van der Waals surface area contributed by atoms with E-state index in [9.17, 15) is 63.1 Å². The van der Waals surface area contributed by atoms with Crippen LogP contribution in [0.3, 0.4) is 0 Å². The van der Waals surface area contributed by atoms with Gasteiger partial charge in [0.2, 0.25) is 27.2 Å². The predicted octanol–water partition coefficient (Wildman–Crippen LogP) is 14.8. The Morgan fingerprint density at radius 3 is 1.09 bits per heavy atom. The number of rotatable bonds is 13. The topological polar surface area (TPSA) is 190 Å². The SMILES string of the molecule is O=C(NCc1ccc2c(c1)OCO2)c1c(C(F)(F)F)cccc1C(F)(F)F.O=C(NCc1ccc2c(c1)OCO2)c1c(F)cccc1I.O=C(NCc1ccc2c(c1)OCO2)c1ccccc1-c1ccccc1.O=C(NCc1ccc2c(c1)OCO2)c1ccccc1C(F)(F)F. The molecule has 16 nitrogen and oxygen atoms in total. The summed E-state index contributed by atoms with van der Waals surface area (Å²) in [6, 6.07) is 48.9. The number of halogens is 11. The first kappa shape index (κ1) is 68.2. The molecule has 4 heterocycles. The molecule has 0 unspecified atom stereocenters. The van der Waals surface area contributed by atoms with Crippen LogP contribution in [0.15, 0.2) is 188 Å². The maximum atomic E-state index is 13.7. The fourth-order valence-corrected chi connectivity index (χ4v) is 10.5. The van der Waals surface area contributed by atoms with Gasteiger partial charge in [0, 0.05) is 35.3 Å². The summed E-state index contributed by atoms with van der Waals surface area (Å²) in [5.74, 6) is 1.45. The van der Waals surface area contributed by atoms with Crippen LogP contribution in [0, 0.1) is 9.39 Å². The van der Waals surface area contributed by atoms with Crippen LogP contribution in [0.4, 0.5) is 43.9 Å². The smallest absolute Gasteiger partial charge is 0.417 e. The molecule has 0 radical (unpaired) electrons. The third-order valence-corrected chi connectivity index (χ3v) is 15.3. The zero-order valence-electron chi connectivity index (χ0n) is 49.6. The van der Waals surface area contributed by atoms with Gasteiger partial charge >= 0.3 is 18.5 Å². The number of hydrogen-bond acceptors (Lipinski definition) is 12. The van der Waals surface area contributed by atoms with Gasteiger partial charge in [-0.3, -0.25) is 19.2 Å². The van der Waals surface area contributed by atoms with E-state index in [1.807, 2.05) is 101 Å². The molecule has 4 aliphatic heterocycles. The Hall–Kier alpha value is -10.7. The van der Waals surface area contributed by atoms with Gasteiger partial charge in [-0.05, 0) is 147 Å². The number of nitrogens with one attached hydrogen (secondary N) is 4. The van der Waals surface area contributed by atoms with Crippen molar-refractivity contribution in [3.63, 3.8) is 0 Å². The number of alkyl halides is 9. The first-order valence-electron chi connectivity index (χ1n) is 28.7. The minimum atomic E-state index is -5.12. The molecule has 0 aliphatic carbocycles. The Morgan fingerprint density at radius 2 is 0.677 bits per heavy atom. The van der Waals surface area contributed by atoms with Crippen LogP contribution in [-0.2, 0) is 44.7 Å². The molecule has 0 fully saturated rings. The second-order valence-electron chi connectivity index (χ2n) is 20.8. The van der Waals surface area contributed by atoms with Crippen LogP contribution in [0.25, 0.3) is 11.1 Å². The molecule has 4 amide bonds. The Balaban J connectivity index is 0.000000140. The minimum Gasteiger partial charge on any atom is -0.454 e. The Labute approximate surface area is 553 Å². The lowest BCUT2D eigenvalue weighted by molar-refractivity contribution is -0.144. The molecule has 0 saturated heterocycles. The summed E-state index contributed by atoms with van der Waals surface area (Å²) < 4.78 is 173. The normalized spacial score (nSPS) is 12.7. The maximum Gasteiger partial charge on any atom is 0.417 e. The van der Waals surface area contributed by atoms with Crippen molar-refractivity contribution < 1.29 is 101 Å². The van der Waals surface area contributed by atoms with Crippen LogP contribution in [0.2, 0.25) is 0 Å². The predicted molar refractivity (Wildman–Crippen MR) is 334 cm³/mol. The highest BCUT2D eigenvalue weighted by Gasteiger charge is 2.43. The fourth-order valence-electron chi connectivity index (χ4n) is 9.76. The Bertz CT molecular complexity index is 4280. The van der Waals surface area contributed by atoms with Crippen molar-refractivity contribution in [1.29, 1.82) is 0 Å². The van der Waals surface area contributed by atoms with E-state index >= 15 is 0 Å². The first-order chi connectivity index (χ1) is 46.0. The number of carbonyl (C=O) groups excluding carboxylic acids is 4. The van der Waals surface area contributed by atoms with Crippen molar-refractivity contribution in [2.75, 3.05) is 27.2 Å². The molecule has 96 heavy (non-hydrogen) atoms. The lowest BCUT2D eigenvalue weighted by Gasteiger charge is -2.18. The second kappa shape index (κ2) is 30.1. The van der Waals surface area contributed by atoms with Gasteiger partial charge in [-0.25, -0.2) is 4.39 Å². The van der Waals surface area contributed by atoms with Crippen molar-refractivity contribution >= 4 is 46.2 Å². The lowest BCUT2D eigenvalue weighted by atomic mass is 9.99. The summed E-state index contributed by atoms with van der Waals surface area (Å²) >= 11 is 1.94. The van der Waals surface area contributed by atoms with E-state index in [1.165, 1.54) is 36.4 Å². The summed E-state index contributed by atoms with van der Waals surface area (Å²) in [5.41, 5.74) is -0.495. The monoisotopic (exact) mass is 1440 g/mol. The molecule has 0 atom stereocenters. The Kier molecular flexibility index (Phi) is 21.4. The van der Waals surface area contributed by atoms with Crippen molar-refractivity contribution in [2.45, 2.75) is 44.7 Å². The van der Waals surface area contributed by atoms with Crippen LogP contribution < -0.4 is 59.2 Å². The molecule has 0 spiro atoms. The zero-order valence-corrected chi connectivity index (χ0v) is 51.8. The van der Waals surface area contributed by atoms with E-state index in [0.717, 1.165) is 45.9 Å². The maximum absolute atomic E-state index is 13.7. The molecule has 4 N–H and O–H groups in total. The highest BCUT2D eigenvalue weighted by Crippen LogP contribution is 2.41. The van der Waals surface area contributed by atoms with E-state index in [-0.39, 0.29) is 51.7 Å². The van der Waals surface area contributed by atoms with Crippen molar-refractivity contribution in [2.24, 2.45) is 0 Å². The summed E-state index contributed by atoms with van der Waals surface area (Å²) in [6.45, 7) is 1.09. The van der Waals surface area contributed by atoms with Gasteiger partial charge in [-0.2, -0.15) is 39.5 Å². The van der Waals surface area contributed by atoms with Crippen molar-refractivity contribution in [1.82, 2.24) is 21.3 Å². The molecule has 0 bridgehead atoms. The van der Waals surface area contributed by atoms with Crippen LogP contribution in [0.5, 0.6) is 46.0 Å². The third-order valence-electron chi connectivity index (χ3n) is 14.4. The number of carbonyl (C=O) groups is 4. The first-order valence-corrected chi connectivity index (χ1v) is 29.8. The van der Waals surface area contributed by atoms with E-state index in [4.69, 9.17) is 37.9 Å². The van der Waals surface area contributed by atoms with E-state index < -0.39 is 69.9 Å². The van der Waals surface area contributed by atoms with Gasteiger partial charge < -0.3 is 59.2 Å². The van der Waals surface area contributed by atoms with E-state index in [1.54, 1.807) is 42.5 Å². The van der Waals surface area contributed by atoms with E-state index in [2.05, 4.69) is 21.3 Å². The van der Waals surface area contributed by atoms with Gasteiger partial charge in [-0.1, -0.05) is 97.1 Å². The quantitative estimate of drug-likeness (QED) is 0.0632. The van der Waals surface area contributed by atoms with Crippen molar-refractivity contribution in [3.05, 3.63) is 259 Å². The number of ether oxygens (including phenoxy) is 8. The van der Waals surface area contributed by atoms with Crippen LogP contribution >= 0.6 is 22.6 Å². The standard InChI is InChI=1S/C21H17NO3.C17H11F6NO3.C16H12F3NO3.C15H11FINO3/c23-21(22-13-15-10-11-19-20(12-15)25-14-24-19)18-9-5-4-8-17(18)16-6-2-1-3-7-16;18-16(19,20)10-2-1-3-11(17(21,22)23)14(10)15(25)24-7-9-4-5-12-13(6-9)27-8-26-12;17-16(18,19)12-4-2-1-3-11(12)15(21)20-8-10-5-6-13-14(7-10)23-9-22-13;16-10-2-1-3-11(17)14(10)15(19)18-7-9-4-5-12-13(6-9)21-8-20-12/h1-12H,13-14H2,(H,22,23);1-6H,7-8H2,(H,24,25);1-7H,8-9H2,(H,20,21);1-6H,7-8H2,(H,18,19). The number of hydrogen-bond donors (Lipinski definition) is 4. The molecule has 13 rings (SSSR count). The zero-order chi connectivity index (χ0) is 68.2. The molecule has 0 saturated carbocycles. The average molecular weight is 1450 g/mol. The van der Waals surface area contributed by atoms with Crippen molar-refractivity contribution in [3.8, 4) is 57.1 Å². The van der Waals surface area contributed by atoms with Gasteiger partial charge in [0.15, 0.2) is 46.0 Å². The number of fused-ring (bicyclic) bond motifs is 4. The Morgan fingerprint density at radius 1 is 0.344 bits per heavy atom. The summed E-state index contributed by atoms with van der Waals surface area (Å²) in [6.07, 6.45) is -14.8. The highest BCUT2D eigenvalue weighted by atomic mass is 127. The van der Waals surface area contributed by atoms with Gasteiger partial charge in [0.05, 0.1) is 33.4 Å². The minimum absolute atomic E-state index is 0.000946. The lowest BCUT2D eigenvalue weighted by Crippen LogP contribution is -2.29. The molecule has 496 valence electrons. The molecule has 4 aliphatic rings. The van der Waals surface area contributed by atoms with Gasteiger partial charge in [0.1, 0.15) is 5.82 Å². The molecule has 27 heteroatoms. The third kappa shape index (κ3) is 17.2. The fraction of sp³-hybridized carbons (Fsp3) is 0.159. The molecule has 9 aromatic carbocycles. The largest absolute Gasteiger partial charge is 0.454 e. The van der Waals surface area contributed by atoms with Gasteiger partial charge in [-0.15, -0.1) is 0 Å². The number of amides is 4. The summed E-state index contributed by atoms with van der Waals surface area (Å²) in [7, 11) is 0. The van der Waals surface area contributed by atoms with Crippen LogP contribution in [-0.4, -0.2) is 50.8 Å². The average Bonchev–Trinajstić information content (AvgIpc) is 1.17. The molecular weight excluding hydrogens is 1390 g/mol. The van der Waals surface area contributed by atoms with Gasteiger partial charge in [0.25, 0.3) is 23.6 Å². The second-order valence-corrected chi connectivity index (χ2v) is 21.9. The molecular formula is C69H51F10IN4O12. The summed E-state index contributed by atoms with van der Waals surface area (Å²) in [5, 5.41) is 10.3. The van der Waals surface area contributed by atoms with E-state index in [0.29, 0.717) is 86.0 Å². The molecule has 9 aromatic rings. The number of benzene rings is 9. The summed E-state index contributed by atoms with van der Waals surface area (Å²) in [4.78, 5) is 49.0. The highest BCUT2D eigenvalue weighted by molar-refractivity contribution is 14.1. The van der Waals surface area contributed by atoms with Crippen LogP contribution in [0.1, 0.15) is 80.4 Å².